The summed E-state index contributed by atoms with van der Waals surface area (Å²) in [5.74, 6) is 0. The third-order valence-corrected chi connectivity index (χ3v) is 11.7. The van der Waals surface area contributed by atoms with Crippen LogP contribution in [0.1, 0.15) is 20.8 Å². The number of hydrogen-bond donors (Lipinski definition) is 0. The maximum atomic E-state index is 12.2. The van der Waals surface area contributed by atoms with Gasteiger partial charge in [0.25, 0.3) is 18.3 Å². The van der Waals surface area contributed by atoms with Gasteiger partial charge in [-0.15, -0.1) is 0 Å². The van der Waals surface area contributed by atoms with Crippen LogP contribution in [0.2, 0.25) is 5.04 Å². The molecule has 0 atom stereocenters. The van der Waals surface area contributed by atoms with Crippen molar-refractivity contribution in [1.82, 2.24) is 4.31 Å². The van der Waals surface area contributed by atoms with E-state index in [1.54, 1.807) is 19.2 Å². The molecule has 0 fully saturated rings. The van der Waals surface area contributed by atoms with E-state index < -0.39 is 18.3 Å². The summed E-state index contributed by atoms with van der Waals surface area (Å²) in [5, 5.41) is 3.40. The van der Waals surface area contributed by atoms with Crippen molar-refractivity contribution in [1.29, 1.82) is 0 Å². The summed E-state index contributed by atoms with van der Waals surface area (Å²) >= 11 is 0. The van der Waals surface area contributed by atoms with Gasteiger partial charge in [-0.1, -0.05) is 81.4 Å². The lowest BCUT2D eigenvalue weighted by molar-refractivity contribution is 0.307. The third-order valence-electron chi connectivity index (χ3n) is 5.18. The van der Waals surface area contributed by atoms with E-state index in [2.05, 4.69) is 45.0 Å². The van der Waals surface area contributed by atoms with Crippen molar-refractivity contribution in [3.05, 3.63) is 83.9 Å². The normalized spacial score (nSPS) is 16.7. The van der Waals surface area contributed by atoms with Gasteiger partial charge in [-0.3, -0.25) is 4.31 Å². The molecule has 6 heteroatoms. The predicted octanol–water partition coefficient (Wildman–Crippen LogP) is 3.24. The average Bonchev–Trinajstić information content (AvgIpc) is 2.66. The fourth-order valence-corrected chi connectivity index (χ4v) is 9.11. The maximum absolute atomic E-state index is 12.2. The summed E-state index contributed by atoms with van der Waals surface area (Å²) in [5.41, 5.74) is 0.635. The smallest absolute Gasteiger partial charge is 0.261 e. The number of hydrogen-bond acceptors (Lipinski definition) is 3. The molecule has 1 aliphatic heterocycles. The Labute approximate surface area is 169 Å². The maximum Gasteiger partial charge on any atom is 0.261 e. The van der Waals surface area contributed by atoms with Crippen LogP contribution in [0.15, 0.2) is 83.9 Å². The zero-order valence-electron chi connectivity index (χ0n) is 16.8. The lowest BCUT2D eigenvalue weighted by Crippen LogP contribution is -2.66. The second-order valence-corrected chi connectivity index (χ2v) is 14.1. The number of benzene rings is 2. The molecule has 0 aromatic heterocycles. The number of rotatable bonds is 5. The van der Waals surface area contributed by atoms with E-state index in [1.807, 2.05) is 36.4 Å². The molecule has 1 aliphatic rings. The van der Waals surface area contributed by atoms with E-state index in [9.17, 15) is 8.42 Å². The van der Waals surface area contributed by atoms with Gasteiger partial charge in [-0.25, -0.2) is 8.42 Å². The number of allylic oxidation sites excluding steroid dienone is 2. The van der Waals surface area contributed by atoms with Crippen LogP contribution in [0.3, 0.4) is 0 Å². The summed E-state index contributed by atoms with van der Waals surface area (Å²) in [7, 11) is -4.55. The Morgan fingerprint density at radius 2 is 1.43 bits per heavy atom. The highest BCUT2D eigenvalue weighted by atomic mass is 32.2. The standard InChI is InChI=1S/C22H27NO3SSi/c1-22(2,3)28(20-13-7-5-8-14-20,21-15-9-6-10-16-21)26-18-19-12-11-17-27(24,25)23(19)4/h5-17H,18H2,1-4H3. The Hall–Kier alpha value is -2.15. The molecule has 0 bridgehead atoms. The van der Waals surface area contributed by atoms with Crippen LogP contribution in [0.5, 0.6) is 0 Å². The van der Waals surface area contributed by atoms with Crippen molar-refractivity contribution >= 4 is 28.7 Å². The number of nitrogens with zero attached hydrogens (tertiary/aromatic N) is 1. The van der Waals surface area contributed by atoms with Gasteiger partial charge in [0.2, 0.25) is 0 Å². The first-order chi connectivity index (χ1) is 13.2. The Balaban J connectivity index is 2.10. The Morgan fingerprint density at radius 3 is 1.89 bits per heavy atom. The van der Waals surface area contributed by atoms with Crippen LogP contribution in [0, 0.1) is 0 Å². The third kappa shape index (κ3) is 3.72. The highest BCUT2D eigenvalue weighted by Crippen LogP contribution is 2.37. The molecule has 3 rings (SSSR count). The zero-order chi connectivity index (χ0) is 20.4. The number of sulfonamides is 1. The van der Waals surface area contributed by atoms with E-state index in [0.717, 1.165) is 0 Å². The van der Waals surface area contributed by atoms with Gasteiger partial charge in [0, 0.05) is 7.05 Å². The molecule has 0 unspecified atom stereocenters. The molecule has 28 heavy (non-hydrogen) atoms. The quantitative estimate of drug-likeness (QED) is 0.707. The molecule has 0 aliphatic carbocycles. The first-order valence-corrected chi connectivity index (χ1v) is 12.7. The molecule has 4 nitrogen and oxygen atoms in total. The van der Waals surface area contributed by atoms with Crippen LogP contribution < -0.4 is 10.4 Å². The van der Waals surface area contributed by atoms with Crippen molar-refractivity contribution < 1.29 is 12.8 Å². The minimum absolute atomic E-state index is 0.155. The minimum Gasteiger partial charge on any atom is -0.402 e. The largest absolute Gasteiger partial charge is 0.402 e. The van der Waals surface area contributed by atoms with Gasteiger partial charge < -0.3 is 4.43 Å². The summed E-state index contributed by atoms with van der Waals surface area (Å²) < 4.78 is 32.5. The van der Waals surface area contributed by atoms with E-state index in [4.69, 9.17) is 4.43 Å². The molecule has 1 heterocycles. The zero-order valence-corrected chi connectivity index (χ0v) is 18.6. The molecular formula is C22H27NO3SSi. The van der Waals surface area contributed by atoms with Crippen molar-refractivity contribution in [3.8, 4) is 0 Å². The average molecular weight is 414 g/mol. The second kappa shape index (κ2) is 7.70. The Morgan fingerprint density at radius 1 is 0.929 bits per heavy atom. The predicted molar refractivity (Wildman–Crippen MR) is 117 cm³/mol. The second-order valence-electron chi connectivity index (χ2n) is 7.95. The van der Waals surface area contributed by atoms with Gasteiger partial charge in [-0.05, 0) is 27.6 Å². The van der Waals surface area contributed by atoms with E-state index in [1.165, 1.54) is 20.1 Å². The van der Waals surface area contributed by atoms with Crippen molar-refractivity contribution in [2.45, 2.75) is 25.8 Å². The lowest BCUT2D eigenvalue weighted by Gasteiger charge is -2.43. The monoisotopic (exact) mass is 413 g/mol. The van der Waals surface area contributed by atoms with E-state index in [0.29, 0.717) is 5.70 Å². The highest BCUT2D eigenvalue weighted by molar-refractivity contribution is 7.92. The van der Waals surface area contributed by atoms with Crippen LogP contribution in [-0.2, 0) is 14.4 Å². The topological polar surface area (TPSA) is 46.6 Å². The Kier molecular flexibility index (Phi) is 5.66. The molecule has 2 aromatic carbocycles. The first-order valence-electron chi connectivity index (χ1n) is 9.30. The summed E-state index contributed by atoms with van der Waals surface area (Å²) in [6.07, 6.45) is 3.37. The van der Waals surface area contributed by atoms with Crippen LogP contribution in [-0.4, -0.2) is 34.7 Å². The molecular weight excluding hydrogens is 386 g/mol. The summed E-state index contributed by atoms with van der Waals surface area (Å²) in [4.78, 5) is 0. The van der Waals surface area contributed by atoms with Crippen LogP contribution >= 0.6 is 0 Å². The van der Waals surface area contributed by atoms with Gasteiger partial charge in [0.15, 0.2) is 0 Å². The fourth-order valence-electron chi connectivity index (χ4n) is 3.69. The fraction of sp³-hybridized carbons (Fsp3) is 0.273. The van der Waals surface area contributed by atoms with Crippen molar-refractivity contribution in [3.63, 3.8) is 0 Å². The molecule has 0 amide bonds. The highest BCUT2D eigenvalue weighted by Gasteiger charge is 2.50. The molecule has 148 valence electrons. The summed E-state index contributed by atoms with van der Waals surface area (Å²) in [6.45, 7) is 6.84. The summed E-state index contributed by atoms with van der Waals surface area (Å²) in [6, 6.07) is 20.7. The van der Waals surface area contributed by atoms with Crippen LogP contribution in [0.4, 0.5) is 0 Å². The first kappa shape index (κ1) is 20.6. The van der Waals surface area contributed by atoms with Gasteiger partial charge in [-0.2, -0.15) is 0 Å². The Bertz CT molecular complexity index is 938. The molecule has 0 saturated carbocycles. The molecule has 2 aromatic rings. The van der Waals surface area contributed by atoms with Gasteiger partial charge in [0.1, 0.15) is 0 Å². The molecule has 0 radical (unpaired) electrons. The SMILES string of the molecule is CN1C(CO[Si](c2ccccc2)(c2ccccc2)C(C)(C)C)=CC=CS1(=O)=O. The van der Waals surface area contributed by atoms with Gasteiger partial charge in [0.05, 0.1) is 17.7 Å². The molecule has 0 spiro atoms. The minimum atomic E-state index is -3.42. The van der Waals surface area contributed by atoms with Gasteiger partial charge >= 0.3 is 0 Å². The van der Waals surface area contributed by atoms with E-state index in [-0.39, 0.29) is 11.6 Å². The molecule has 0 saturated heterocycles. The lowest BCUT2D eigenvalue weighted by atomic mass is 10.2. The number of likely N-dealkylation sites (N-methyl/N-ethyl adjacent to an activating group) is 1. The van der Waals surface area contributed by atoms with Crippen molar-refractivity contribution in [2.24, 2.45) is 0 Å². The van der Waals surface area contributed by atoms with E-state index >= 15 is 0 Å². The molecule has 0 N–H and O–H groups in total. The van der Waals surface area contributed by atoms with Crippen LogP contribution in [0.25, 0.3) is 0 Å². The van der Waals surface area contributed by atoms with Crippen molar-refractivity contribution in [2.75, 3.05) is 13.7 Å².